The molecule has 0 heterocycles. The van der Waals surface area contributed by atoms with E-state index in [0.717, 1.165) is 18.3 Å². The van der Waals surface area contributed by atoms with Crippen molar-refractivity contribution in [2.75, 3.05) is 11.9 Å². The first-order valence-electron chi connectivity index (χ1n) is 7.07. The van der Waals surface area contributed by atoms with Gasteiger partial charge in [-0.25, -0.2) is 0 Å². The van der Waals surface area contributed by atoms with Gasteiger partial charge in [0, 0.05) is 18.3 Å². The number of carbonyl (C=O) groups is 1. The minimum absolute atomic E-state index is 0.282. The van der Waals surface area contributed by atoms with Gasteiger partial charge < -0.3 is 5.32 Å². The fourth-order valence-corrected chi connectivity index (χ4v) is 3.48. The fourth-order valence-electron chi connectivity index (χ4n) is 2.72. The second-order valence-corrected chi connectivity index (χ2v) is 6.53. The minimum atomic E-state index is 0.282. The molecule has 0 aromatic rings. The van der Waals surface area contributed by atoms with Crippen LogP contribution < -0.4 is 5.32 Å². The molecule has 2 nitrogen and oxygen atoms in total. The maximum absolute atomic E-state index is 11.9. The second-order valence-electron chi connectivity index (χ2n) is 5.97. The van der Waals surface area contributed by atoms with E-state index in [0.29, 0.717) is 11.3 Å². The highest BCUT2D eigenvalue weighted by molar-refractivity contribution is 9.09. The molecule has 1 N–H and O–H groups in total. The number of halogens is 1. The summed E-state index contributed by atoms with van der Waals surface area (Å²) in [5.41, 5.74) is 0.402. The Morgan fingerprint density at radius 2 is 1.82 bits per heavy atom. The van der Waals surface area contributed by atoms with Gasteiger partial charge in [-0.05, 0) is 37.0 Å². The highest BCUT2D eigenvalue weighted by Crippen LogP contribution is 2.46. The van der Waals surface area contributed by atoms with Crippen molar-refractivity contribution in [2.45, 2.75) is 57.8 Å². The molecule has 2 fully saturated rings. The Bertz CT molecular complexity index is 255. The maximum atomic E-state index is 11.9. The summed E-state index contributed by atoms with van der Waals surface area (Å²) in [6.07, 6.45) is 11.2. The summed E-state index contributed by atoms with van der Waals surface area (Å²) in [6.45, 7) is 0.879. The van der Waals surface area contributed by atoms with Gasteiger partial charge in [-0.2, -0.15) is 0 Å². The normalized spacial score (nSPS) is 24.1. The van der Waals surface area contributed by atoms with Crippen molar-refractivity contribution in [1.82, 2.24) is 5.32 Å². The minimum Gasteiger partial charge on any atom is -0.356 e. The third-order valence-corrected chi connectivity index (χ3v) is 5.54. The lowest BCUT2D eigenvalue weighted by molar-refractivity contribution is -0.122. The van der Waals surface area contributed by atoms with Crippen LogP contribution in [0.15, 0.2) is 0 Å². The Morgan fingerprint density at radius 1 is 1.18 bits per heavy atom. The Kier molecular flexibility index (Phi) is 4.89. The van der Waals surface area contributed by atoms with E-state index in [9.17, 15) is 4.79 Å². The molecule has 2 aliphatic rings. The number of nitrogens with one attached hydrogen (secondary N) is 1. The molecule has 0 aliphatic heterocycles. The second kappa shape index (κ2) is 6.21. The zero-order chi connectivity index (χ0) is 12.1. The van der Waals surface area contributed by atoms with Crippen LogP contribution in [0.2, 0.25) is 0 Å². The molecular weight excluding hydrogens is 278 g/mol. The topological polar surface area (TPSA) is 29.1 Å². The highest BCUT2D eigenvalue weighted by Gasteiger charge is 2.41. The van der Waals surface area contributed by atoms with E-state index in [-0.39, 0.29) is 5.91 Å². The fraction of sp³-hybridized carbons (Fsp3) is 0.929. The predicted molar refractivity (Wildman–Crippen MR) is 74.3 cm³/mol. The third-order valence-electron chi connectivity index (χ3n) is 4.35. The Labute approximate surface area is 113 Å². The van der Waals surface area contributed by atoms with E-state index < -0.39 is 0 Å². The summed E-state index contributed by atoms with van der Waals surface area (Å²) in [7, 11) is 0. The predicted octanol–water partition coefficient (Wildman–Crippen LogP) is 3.64. The summed E-state index contributed by atoms with van der Waals surface area (Å²) in [5.74, 6) is 0.931. The van der Waals surface area contributed by atoms with Gasteiger partial charge in [-0.1, -0.05) is 41.6 Å². The van der Waals surface area contributed by atoms with E-state index in [1.54, 1.807) is 0 Å². The molecule has 0 bridgehead atoms. The van der Waals surface area contributed by atoms with Crippen LogP contribution in [0.1, 0.15) is 57.8 Å². The summed E-state index contributed by atoms with van der Waals surface area (Å²) in [4.78, 5) is 11.9. The van der Waals surface area contributed by atoms with E-state index in [2.05, 4.69) is 21.2 Å². The first kappa shape index (κ1) is 13.4. The van der Waals surface area contributed by atoms with Crippen LogP contribution >= 0.6 is 15.9 Å². The average Bonchev–Trinajstić information content (AvgIpc) is 3.12. The lowest BCUT2D eigenvalue weighted by Crippen LogP contribution is -2.32. The lowest BCUT2D eigenvalue weighted by Gasteiger charge is -2.16. The number of rotatable bonds is 5. The zero-order valence-corrected chi connectivity index (χ0v) is 12.2. The maximum Gasteiger partial charge on any atom is 0.220 e. The van der Waals surface area contributed by atoms with Crippen molar-refractivity contribution in [3.8, 4) is 0 Å². The molecular formula is C14H24BrNO. The van der Waals surface area contributed by atoms with Crippen LogP contribution in [0.3, 0.4) is 0 Å². The monoisotopic (exact) mass is 301 g/mol. The van der Waals surface area contributed by atoms with Crippen molar-refractivity contribution in [3.63, 3.8) is 0 Å². The molecule has 0 saturated heterocycles. The van der Waals surface area contributed by atoms with Crippen molar-refractivity contribution in [3.05, 3.63) is 0 Å². The molecule has 98 valence electrons. The molecule has 3 heteroatoms. The van der Waals surface area contributed by atoms with Crippen molar-refractivity contribution < 1.29 is 4.79 Å². The van der Waals surface area contributed by atoms with Gasteiger partial charge in [-0.3, -0.25) is 4.79 Å². The highest BCUT2D eigenvalue weighted by atomic mass is 79.9. The van der Waals surface area contributed by atoms with E-state index in [4.69, 9.17) is 0 Å². The summed E-state index contributed by atoms with van der Waals surface area (Å²) >= 11 is 3.54. The van der Waals surface area contributed by atoms with Crippen LogP contribution in [-0.4, -0.2) is 17.8 Å². The first-order valence-corrected chi connectivity index (χ1v) is 8.19. The third kappa shape index (κ3) is 4.27. The molecule has 2 saturated carbocycles. The summed E-state index contributed by atoms with van der Waals surface area (Å²) in [6, 6.07) is 0. The Hall–Kier alpha value is -0.0500. The van der Waals surface area contributed by atoms with Crippen LogP contribution in [0.25, 0.3) is 0 Å². The lowest BCUT2D eigenvalue weighted by atomic mass is 9.96. The molecule has 2 rings (SSSR count). The van der Waals surface area contributed by atoms with Crippen molar-refractivity contribution >= 4 is 21.8 Å². The average molecular weight is 302 g/mol. The Balaban J connectivity index is 1.65. The van der Waals surface area contributed by atoms with Gasteiger partial charge >= 0.3 is 0 Å². The van der Waals surface area contributed by atoms with Crippen LogP contribution in [-0.2, 0) is 4.79 Å². The van der Waals surface area contributed by atoms with E-state index in [1.807, 2.05) is 0 Å². The van der Waals surface area contributed by atoms with Crippen LogP contribution in [0.4, 0.5) is 0 Å². The molecule has 17 heavy (non-hydrogen) atoms. The Morgan fingerprint density at radius 3 is 2.35 bits per heavy atom. The molecule has 0 unspecified atom stereocenters. The van der Waals surface area contributed by atoms with Crippen LogP contribution in [0, 0.1) is 11.3 Å². The standard InChI is InChI=1S/C14H24BrNO/c15-10-14(7-8-14)11-16-13(17)9-12-5-3-1-2-4-6-12/h12H,1-11H2,(H,16,17). The van der Waals surface area contributed by atoms with Crippen molar-refractivity contribution in [1.29, 1.82) is 0 Å². The van der Waals surface area contributed by atoms with E-state index in [1.165, 1.54) is 51.4 Å². The molecule has 0 aromatic heterocycles. The first-order chi connectivity index (χ1) is 8.24. The summed E-state index contributed by atoms with van der Waals surface area (Å²) in [5, 5.41) is 4.17. The molecule has 2 aliphatic carbocycles. The molecule has 0 atom stereocenters. The zero-order valence-electron chi connectivity index (χ0n) is 10.6. The van der Waals surface area contributed by atoms with Gasteiger partial charge in [0.05, 0.1) is 0 Å². The number of amides is 1. The van der Waals surface area contributed by atoms with Gasteiger partial charge in [-0.15, -0.1) is 0 Å². The number of alkyl halides is 1. The molecule has 0 aromatic carbocycles. The van der Waals surface area contributed by atoms with Gasteiger partial charge in [0.2, 0.25) is 5.91 Å². The number of carbonyl (C=O) groups excluding carboxylic acids is 1. The van der Waals surface area contributed by atoms with E-state index >= 15 is 0 Å². The van der Waals surface area contributed by atoms with Gasteiger partial charge in [0.25, 0.3) is 0 Å². The quantitative estimate of drug-likeness (QED) is 0.610. The van der Waals surface area contributed by atoms with Gasteiger partial charge in [0.15, 0.2) is 0 Å². The summed E-state index contributed by atoms with van der Waals surface area (Å²) < 4.78 is 0. The largest absolute Gasteiger partial charge is 0.356 e. The van der Waals surface area contributed by atoms with Gasteiger partial charge in [0.1, 0.15) is 0 Å². The smallest absolute Gasteiger partial charge is 0.220 e. The number of hydrogen-bond acceptors (Lipinski definition) is 1. The van der Waals surface area contributed by atoms with Crippen LogP contribution in [0.5, 0.6) is 0 Å². The van der Waals surface area contributed by atoms with Crippen molar-refractivity contribution in [2.24, 2.45) is 11.3 Å². The molecule has 1 amide bonds. The SMILES string of the molecule is O=C(CC1CCCCCC1)NCC1(CBr)CC1. The molecule has 0 spiro atoms. The molecule has 0 radical (unpaired) electrons. The number of hydrogen-bond donors (Lipinski definition) is 1.